The lowest BCUT2D eigenvalue weighted by molar-refractivity contribution is -0.122. The molecule has 0 aromatic carbocycles. The maximum Gasteiger partial charge on any atom is 0.266 e. The summed E-state index contributed by atoms with van der Waals surface area (Å²) in [4.78, 5) is 12.3. The molecular weight excluding hydrogens is 474 g/mol. The molecule has 216 valence electrons. The van der Waals surface area contributed by atoms with E-state index in [0.717, 1.165) is 38.5 Å². The van der Waals surface area contributed by atoms with Gasteiger partial charge in [0.15, 0.2) is 0 Å². The van der Waals surface area contributed by atoms with Gasteiger partial charge in [-0.05, 0) is 12.8 Å². The second kappa shape index (κ2) is 24.7. The zero-order valence-corrected chi connectivity index (χ0v) is 24.5. The van der Waals surface area contributed by atoms with Crippen molar-refractivity contribution in [3.63, 3.8) is 0 Å². The molecule has 1 amide bonds. The van der Waals surface area contributed by atoms with E-state index in [1.54, 1.807) is 0 Å². The standard InChI is InChI=1S/C29H59NO5S/c1-3-5-7-9-11-13-14-15-16-17-19-21-23-25-29(32)30-27(26-36(33,34)35)28(31)24-22-20-18-12-10-8-6-4-2/h27-28,31H,3-26H2,1-2H3,(H,30,32)(H,33,34,35). The van der Waals surface area contributed by atoms with E-state index < -0.39 is 28.0 Å². The topological polar surface area (TPSA) is 104 Å². The molecule has 36 heavy (non-hydrogen) atoms. The van der Waals surface area contributed by atoms with Crippen LogP contribution in [0.4, 0.5) is 0 Å². The molecule has 6 nitrogen and oxygen atoms in total. The number of carbonyl (C=O) groups is 1. The van der Waals surface area contributed by atoms with E-state index in [1.807, 2.05) is 0 Å². The quantitative estimate of drug-likeness (QED) is 0.0740. The monoisotopic (exact) mass is 533 g/mol. The molecule has 0 aromatic rings. The van der Waals surface area contributed by atoms with Crippen molar-refractivity contribution in [3.8, 4) is 0 Å². The molecule has 2 atom stereocenters. The minimum atomic E-state index is -4.29. The first-order valence-corrected chi connectivity index (χ1v) is 16.8. The van der Waals surface area contributed by atoms with E-state index in [1.165, 1.54) is 96.3 Å². The van der Waals surface area contributed by atoms with Gasteiger partial charge in [0.05, 0.1) is 17.9 Å². The van der Waals surface area contributed by atoms with Crippen LogP contribution in [0.15, 0.2) is 0 Å². The number of nitrogens with one attached hydrogen (secondary N) is 1. The Labute approximate surface area is 223 Å². The van der Waals surface area contributed by atoms with Gasteiger partial charge in [-0.25, -0.2) is 0 Å². The molecule has 0 spiro atoms. The number of hydrogen-bond acceptors (Lipinski definition) is 4. The van der Waals surface area contributed by atoms with Crippen LogP contribution in [-0.2, 0) is 14.9 Å². The third-order valence-electron chi connectivity index (χ3n) is 7.06. The third-order valence-corrected chi connectivity index (χ3v) is 7.84. The second-order valence-corrected chi connectivity index (χ2v) is 12.2. The molecule has 0 aromatic heterocycles. The number of hydrogen-bond donors (Lipinski definition) is 3. The highest BCUT2D eigenvalue weighted by molar-refractivity contribution is 7.85. The summed E-state index contributed by atoms with van der Waals surface area (Å²) in [5, 5.41) is 13.2. The number of carbonyl (C=O) groups excluding carboxylic acids is 1. The minimum absolute atomic E-state index is 0.248. The van der Waals surface area contributed by atoms with Crippen LogP contribution in [0.3, 0.4) is 0 Å². The van der Waals surface area contributed by atoms with Gasteiger partial charge in [0.2, 0.25) is 5.91 Å². The number of rotatable bonds is 27. The first kappa shape index (κ1) is 35.3. The molecule has 0 bridgehead atoms. The molecular formula is C29H59NO5S. The van der Waals surface area contributed by atoms with Gasteiger partial charge >= 0.3 is 0 Å². The zero-order chi connectivity index (χ0) is 26.9. The van der Waals surface area contributed by atoms with E-state index in [0.29, 0.717) is 12.8 Å². The molecule has 7 heteroatoms. The van der Waals surface area contributed by atoms with Gasteiger partial charge in [-0.1, -0.05) is 142 Å². The smallest absolute Gasteiger partial charge is 0.266 e. The van der Waals surface area contributed by atoms with Gasteiger partial charge in [0.1, 0.15) is 0 Å². The highest BCUT2D eigenvalue weighted by Crippen LogP contribution is 2.15. The fourth-order valence-corrected chi connectivity index (χ4v) is 5.51. The Hall–Kier alpha value is -0.660. The van der Waals surface area contributed by atoms with Crippen LogP contribution in [0.5, 0.6) is 0 Å². The Bertz CT molecular complexity index is 596. The van der Waals surface area contributed by atoms with Gasteiger partial charge in [0.25, 0.3) is 10.1 Å². The highest BCUT2D eigenvalue weighted by atomic mass is 32.2. The summed E-state index contributed by atoms with van der Waals surface area (Å²) in [7, 11) is -4.29. The predicted octanol–water partition coefficient (Wildman–Crippen LogP) is 7.73. The SMILES string of the molecule is CCCCCCCCCCCCCCCC(=O)NC(CS(=O)(=O)O)C(O)CCCCCCCCCC. The molecule has 0 saturated carbocycles. The first-order valence-electron chi connectivity index (χ1n) is 15.2. The minimum Gasteiger partial charge on any atom is -0.391 e. The van der Waals surface area contributed by atoms with Gasteiger partial charge in [-0.3, -0.25) is 9.35 Å². The average molecular weight is 534 g/mol. The molecule has 0 aliphatic carbocycles. The Morgan fingerprint density at radius 2 is 1.00 bits per heavy atom. The van der Waals surface area contributed by atoms with Crippen molar-refractivity contribution < 1.29 is 22.9 Å². The van der Waals surface area contributed by atoms with Crippen LogP contribution >= 0.6 is 0 Å². The summed E-state index contributed by atoms with van der Waals surface area (Å²) >= 11 is 0. The largest absolute Gasteiger partial charge is 0.391 e. The molecule has 3 N–H and O–H groups in total. The second-order valence-electron chi connectivity index (χ2n) is 10.7. The highest BCUT2D eigenvalue weighted by Gasteiger charge is 2.26. The number of amides is 1. The van der Waals surface area contributed by atoms with Crippen molar-refractivity contribution in [1.82, 2.24) is 5.32 Å². The summed E-state index contributed by atoms with van der Waals surface area (Å²) in [5.41, 5.74) is 0. The van der Waals surface area contributed by atoms with E-state index in [2.05, 4.69) is 19.2 Å². The van der Waals surface area contributed by atoms with Crippen LogP contribution in [0.1, 0.15) is 162 Å². The molecule has 0 aliphatic rings. The van der Waals surface area contributed by atoms with Gasteiger partial charge in [0, 0.05) is 6.42 Å². The van der Waals surface area contributed by atoms with Crippen molar-refractivity contribution in [2.45, 2.75) is 174 Å². The van der Waals surface area contributed by atoms with Crippen LogP contribution in [0.25, 0.3) is 0 Å². The lowest BCUT2D eigenvalue weighted by Crippen LogP contribution is -2.47. The first-order chi connectivity index (χ1) is 17.3. The lowest BCUT2D eigenvalue weighted by Gasteiger charge is -2.23. The van der Waals surface area contributed by atoms with E-state index in [4.69, 9.17) is 0 Å². The van der Waals surface area contributed by atoms with Gasteiger partial charge in [-0.15, -0.1) is 0 Å². The molecule has 2 unspecified atom stereocenters. The normalized spacial score (nSPS) is 13.6. The molecule has 0 aliphatic heterocycles. The summed E-state index contributed by atoms with van der Waals surface area (Å²) in [6.45, 7) is 4.44. The van der Waals surface area contributed by atoms with E-state index in [-0.39, 0.29) is 5.91 Å². The fourth-order valence-electron chi connectivity index (χ4n) is 4.75. The summed E-state index contributed by atoms with van der Waals surface area (Å²) in [6, 6.07) is -0.959. The Balaban J connectivity index is 3.97. The van der Waals surface area contributed by atoms with Crippen LogP contribution < -0.4 is 5.32 Å². The maximum absolute atomic E-state index is 12.3. The van der Waals surface area contributed by atoms with Crippen LogP contribution in [-0.4, -0.2) is 41.9 Å². The zero-order valence-electron chi connectivity index (χ0n) is 23.7. The Kier molecular flexibility index (Phi) is 24.2. The Morgan fingerprint density at radius 1 is 0.639 bits per heavy atom. The lowest BCUT2D eigenvalue weighted by atomic mass is 10.0. The third kappa shape index (κ3) is 25.0. The Morgan fingerprint density at radius 3 is 1.39 bits per heavy atom. The molecule has 0 radical (unpaired) electrons. The van der Waals surface area contributed by atoms with E-state index >= 15 is 0 Å². The van der Waals surface area contributed by atoms with Crippen molar-refractivity contribution in [1.29, 1.82) is 0 Å². The van der Waals surface area contributed by atoms with E-state index in [9.17, 15) is 22.9 Å². The average Bonchev–Trinajstić information content (AvgIpc) is 2.82. The number of unbranched alkanes of at least 4 members (excludes halogenated alkanes) is 19. The van der Waals surface area contributed by atoms with Crippen molar-refractivity contribution >= 4 is 16.0 Å². The van der Waals surface area contributed by atoms with Crippen molar-refractivity contribution in [2.24, 2.45) is 0 Å². The van der Waals surface area contributed by atoms with Crippen molar-refractivity contribution in [2.75, 3.05) is 5.75 Å². The maximum atomic E-state index is 12.3. The van der Waals surface area contributed by atoms with Crippen molar-refractivity contribution in [3.05, 3.63) is 0 Å². The van der Waals surface area contributed by atoms with Gasteiger partial charge < -0.3 is 10.4 Å². The fraction of sp³-hybridized carbons (Fsp3) is 0.966. The predicted molar refractivity (Wildman–Crippen MR) is 152 cm³/mol. The number of aliphatic hydroxyl groups is 1. The summed E-state index contributed by atoms with van der Waals surface area (Å²) in [6.07, 6.45) is 24.9. The molecule has 0 saturated heterocycles. The van der Waals surface area contributed by atoms with Crippen LogP contribution in [0.2, 0.25) is 0 Å². The van der Waals surface area contributed by atoms with Gasteiger partial charge in [-0.2, -0.15) is 8.42 Å². The molecule has 0 rings (SSSR count). The summed E-state index contributed by atoms with van der Waals surface area (Å²) in [5.74, 6) is -0.892. The van der Waals surface area contributed by atoms with Crippen LogP contribution in [0, 0.1) is 0 Å². The number of aliphatic hydroxyl groups excluding tert-OH is 1. The summed E-state index contributed by atoms with van der Waals surface area (Å²) < 4.78 is 32.1. The molecule has 0 fully saturated rings. The molecule has 0 heterocycles.